The fraction of sp³-hybridized carbons (Fsp3) is 0.467. The van der Waals surface area contributed by atoms with E-state index in [1.807, 2.05) is 36.6 Å². The monoisotopic (exact) mass is 617 g/mol. The van der Waals surface area contributed by atoms with Crippen LogP contribution in [0.1, 0.15) is 24.5 Å². The molecule has 4 amide bonds. The Labute approximate surface area is 256 Å². The number of rotatable bonds is 18. The molecule has 0 aromatic heterocycles. The van der Waals surface area contributed by atoms with Gasteiger partial charge < -0.3 is 41.6 Å². The summed E-state index contributed by atoms with van der Waals surface area (Å²) in [6.45, 7) is 0.838. The van der Waals surface area contributed by atoms with Crippen molar-refractivity contribution in [2.24, 2.45) is 5.73 Å². The zero-order valence-electron chi connectivity index (χ0n) is 25.1. The lowest BCUT2D eigenvalue weighted by Gasteiger charge is -2.23. The molecule has 12 nitrogen and oxygen atoms in total. The second-order valence-electron chi connectivity index (χ2n) is 9.93. The first-order chi connectivity index (χ1) is 20.6. The summed E-state index contributed by atoms with van der Waals surface area (Å²) in [4.78, 5) is 51.1. The van der Waals surface area contributed by atoms with Gasteiger partial charge in [0.1, 0.15) is 12.1 Å². The van der Waals surface area contributed by atoms with Crippen molar-refractivity contribution < 1.29 is 33.8 Å². The molecule has 43 heavy (non-hydrogen) atoms. The summed E-state index contributed by atoms with van der Waals surface area (Å²) in [6.07, 6.45) is 2.93. The molecule has 0 spiro atoms. The molecule has 3 unspecified atom stereocenters. The van der Waals surface area contributed by atoms with Gasteiger partial charge >= 0.3 is 0 Å². The fourth-order valence-corrected chi connectivity index (χ4v) is 4.66. The number of benzene rings is 2. The summed E-state index contributed by atoms with van der Waals surface area (Å²) in [5.41, 5.74) is 7.64. The molecule has 13 heteroatoms. The SMILES string of the molecule is COc1ccc(CC(N)C(=O)N[C@H](C)C(=O)NCC(=O)NC(Cc2ccccc2)C(=O)NC(CO)CCSC)cc1OC. The molecular formula is C30H43N5O7S. The van der Waals surface area contributed by atoms with E-state index in [0.717, 1.165) is 16.9 Å². The Bertz CT molecular complexity index is 1200. The van der Waals surface area contributed by atoms with E-state index in [1.165, 1.54) is 21.1 Å². The highest BCUT2D eigenvalue weighted by atomic mass is 32.2. The van der Waals surface area contributed by atoms with Gasteiger partial charge in [0.05, 0.1) is 39.5 Å². The van der Waals surface area contributed by atoms with Crippen molar-refractivity contribution in [2.75, 3.05) is 39.4 Å². The fourth-order valence-electron chi connectivity index (χ4n) is 4.14. The summed E-state index contributed by atoms with van der Waals surface area (Å²) in [6, 6.07) is 11.1. The van der Waals surface area contributed by atoms with E-state index < -0.39 is 54.3 Å². The molecule has 4 atom stereocenters. The molecular weight excluding hydrogens is 574 g/mol. The van der Waals surface area contributed by atoms with Crippen LogP contribution >= 0.6 is 11.8 Å². The first kappa shape index (κ1) is 35.4. The van der Waals surface area contributed by atoms with E-state index in [-0.39, 0.29) is 19.4 Å². The third kappa shape index (κ3) is 12.1. The van der Waals surface area contributed by atoms with Gasteiger partial charge in [0, 0.05) is 6.42 Å². The number of nitrogens with two attached hydrogens (primary N) is 1. The van der Waals surface area contributed by atoms with Gasteiger partial charge in [-0.15, -0.1) is 0 Å². The minimum atomic E-state index is -0.970. The van der Waals surface area contributed by atoms with Crippen LogP contribution in [0.2, 0.25) is 0 Å². The molecule has 2 aromatic rings. The van der Waals surface area contributed by atoms with Gasteiger partial charge in [-0.05, 0) is 55.0 Å². The van der Waals surface area contributed by atoms with E-state index in [4.69, 9.17) is 15.2 Å². The van der Waals surface area contributed by atoms with Gasteiger partial charge in [-0.2, -0.15) is 11.8 Å². The van der Waals surface area contributed by atoms with Crippen molar-refractivity contribution in [3.05, 3.63) is 59.7 Å². The lowest BCUT2D eigenvalue weighted by Crippen LogP contribution is -2.54. The summed E-state index contributed by atoms with van der Waals surface area (Å²) < 4.78 is 10.5. The van der Waals surface area contributed by atoms with Crippen molar-refractivity contribution in [1.82, 2.24) is 21.3 Å². The molecule has 236 valence electrons. The van der Waals surface area contributed by atoms with E-state index >= 15 is 0 Å². The van der Waals surface area contributed by atoms with Crippen molar-refractivity contribution >= 4 is 35.4 Å². The van der Waals surface area contributed by atoms with Crippen molar-refractivity contribution in [1.29, 1.82) is 0 Å². The number of amides is 4. The number of nitrogens with one attached hydrogen (secondary N) is 4. The van der Waals surface area contributed by atoms with Gasteiger partial charge in [0.15, 0.2) is 11.5 Å². The number of ether oxygens (including phenoxy) is 2. The average Bonchev–Trinajstić information content (AvgIpc) is 3.01. The minimum Gasteiger partial charge on any atom is -0.493 e. The van der Waals surface area contributed by atoms with Crippen LogP contribution < -0.4 is 36.5 Å². The van der Waals surface area contributed by atoms with E-state index in [0.29, 0.717) is 17.9 Å². The Morgan fingerprint density at radius 2 is 1.58 bits per heavy atom. The van der Waals surface area contributed by atoms with Gasteiger partial charge in [0.25, 0.3) is 0 Å². The van der Waals surface area contributed by atoms with Crippen LogP contribution in [0.3, 0.4) is 0 Å². The summed E-state index contributed by atoms with van der Waals surface area (Å²) >= 11 is 1.60. The summed E-state index contributed by atoms with van der Waals surface area (Å²) in [7, 11) is 3.03. The number of thioether (sulfide) groups is 1. The van der Waals surface area contributed by atoms with Crippen LogP contribution in [0.4, 0.5) is 0 Å². The van der Waals surface area contributed by atoms with Gasteiger partial charge in [-0.1, -0.05) is 36.4 Å². The van der Waals surface area contributed by atoms with Gasteiger partial charge in [0.2, 0.25) is 23.6 Å². The zero-order valence-corrected chi connectivity index (χ0v) is 25.9. The Morgan fingerprint density at radius 1 is 0.884 bits per heavy atom. The maximum absolute atomic E-state index is 13.0. The minimum absolute atomic E-state index is 0.197. The van der Waals surface area contributed by atoms with Crippen LogP contribution in [-0.2, 0) is 32.0 Å². The second kappa shape index (κ2) is 18.7. The molecule has 2 rings (SSSR count). The first-order valence-corrected chi connectivity index (χ1v) is 15.3. The number of carbonyl (C=O) groups excluding carboxylic acids is 4. The number of methoxy groups -OCH3 is 2. The molecule has 7 N–H and O–H groups in total. The average molecular weight is 618 g/mol. The van der Waals surface area contributed by atoms with Crippen LogP contribution in [0.15, 0.2) is 48.5 Å². The number of carbonyl (C=O) groups is 4. The van der Waals surface area contributed by atoms with E-state index in [9.17, 15) is 24.3 Å². The summed E-state index contributed by atoms with van der Waals surface area (Å²) in [5.74, 6) is -0.351. The molecule has 0 saturated carbocycles. The normalized spacial score (nSPS) is 13.5. The van der Waals surface area contributed by atoms with Crippen LogP contribution in [0.5, 0.6) is 11.5 Å². The highest BCUT2D eigenvalue weighted by Crippen LogP contribution is 2.27. The predicted molar refractivity (Wildman–Crippen MR) is 166 cm³/mol. The van der Waals surface area contributed by atoms with Crippen LogP contribution in [-0.4, -0.2) is 92.3 Å². The molecule has 0 aliphatic rings. The van der Waals surface area contributed by atoms with Crippen LogP contribution in [0.25, 0.3) is 0 Å². The van der Waals surface area contributed by atoms with Crippen molar-refractivity contribution in [3.8, 4) is 11.5 Å². The Morgan fingerprint density at radius 3 is 2.21 bits per heavy atom. The van der Waals surface area contributed by atoms with Crippen molar-refractivity contribution in [2.45, 2.75) is 50.4 Å². The number of aliphatic hydroxyl groups excluding tert-OH is 1. The van der Waals surface area contributed by atoms with Crippen LogP contribution in [0, 0.1) is 0 Å². The Kier molecular flexibility index (Phi) is 15.4. The van der Waals surface area contributed by atoms with Gasteiger partial charge in [-0.25, -0.2) is 0 Å². The molecule has 0 saturated heterocycles. The lowest BCUT2D eigenvalue weighted by atomic mass is 10.0. The largest absolute Gasteiger partial charge is 0.493 e. The molecule has 0 aliphatic carbocycles. The Balaban J connectivity index is 1.92. The highest BCUT2D eigenvalue weighted by molar-refractivity contribution is 7.98. The second-order valence-corrected chi connectivity index (χ2v) is 10.9. The quantitative estimate of drug-likeness (QED) is 0.136. The van der Waals surface area contributed by atoms with Crippen molar-refractivity contribution in [3.63, 3.8) is 0 Å². The van der Waals surface area contributed by atoms with E-state index in [1.54, 1.807) is 30.0 Å². The van der Waals surface area contributed by atoms with E-state index in [2.05, 4.69) is 21.3 Å². The topological polar surface area (TPSA) is 181 Å². The number of hydrogen-bond acceptors (Lipinski definition) is 9. The summed E-state index contributed by atoms with van der Waals surface area (Å²) in [5, 5.41) is 20.2. The highest BCUT2D eigenvalue weighted by Gasteiger charge is 2.25. The lowest BCUT2D eigenvalue weighted by molar-refractivity contribution is -0.131. The zero-order chi connectivity index (χ0) is 31.8. The molecule has 2 aromatic carbocycles. The molecule has 0 radical (unpaired) electrons. The molecule has 0 aliphatic heterocycles. The van der Waals surface area contributed by atoms with Gasteiger partial charge in [-0.3, -0.25) is 19.2 Å². The molecule has 0 heterocycles. The number of aliphatic hydroxyl groups is 1. The molecule has 0 fully saturated rings. The predicted octanol–water partition coefficient (Wildman–Crippen LogP) is 0.152. The third-order valence-corrected chi connectivity index (χ3v) is 7.23. The Hall–Kier alpha value is -3.81. The number of hydrogen-bond donors (Lipinski definition) is 6. The third-order valence-electron chi connectivity index (χ3n) is 6.59. The first-order valence-electron chi connectivity index (χ1n) is 13.9. The maximum Gasteiger partial charge on any atom is 0.243 e. The standard InChI is InChI=1S/C30H43N5O7S/c1-19(33-29(39)23(31)14-21-10-11-25(41-2)26(16-21)42-3)28(38)32-17-27(37)35-24(15-20-8-6-5-7-9-20)30(40)34-22(18-36)12-13-43-4/h5-11,16,19,22-24,36H,12-15,17-18,31H2,1-4H3,(H,32,38)(H,33,39)(H,34,40)(H,35,37)/t19-,22?,23?,24?/m1/s1. The maximum atomic E-state index is 13.0. The molecule has 0 bridgehead atoms. The smallest absolute Gasteiger partial charge is 0.243 e.